The fourth-order valence-electron chi connectivity index (χ4n) is 3.12. The van der Waals surface area contributed by atoms with Gasteiger partial charge < -0.3 is 10.1 Å². The van der Waals surface area contributed by atoms with Gasteiger partial charge in [0, 0.05) is 19.0 Å². The van der Waals surface area contributed by atoms with Crippen LogP contribution in [0.5, 0.6) is 5.75 Å². The van der Waals surface area contributed by atoms with Crippen molar-refractivity contribution in [3.8, 4) is 5.75 Å². The Balaban J connectivity index is 1.49. The lowest BCUT2D eigenvalue weighted by Gasteiger charge is -2.26. The van der Waals surface area contributed by atoms with Crippen LogP contribution in [-0.2, 0) is 4.79 Å². The van der Waals surface area contributed by atoms with E-state index in [2.05, 4.69) is 5.32 Å². The summed E-state index contributed by atoms with van der Waals surface area (Å²) in [6, 6.07) is 10.4. The van der Waals surface area contributed by atoms with E-state index in [4.69, 9.17) is 4.74 Å². The molecule has 2 aromatic carbocycles. The van der Waals surface area contributed by atoms with Crippen LogP contribution in [0.4, 0.5) is 11.4 Å². The smallest absolute Gasteiger partial charge is 0.273 e. The Morgan fingerprint density at radius 3 is 2.37 bits per heavy atom. The average molecular weight is 367 g/mol. The summed E-state index contributed by atoms with van der Waals surface area (Å²) in [5, 5.41) is 13.5. The van der Waals surface area contributed by atoms with Crippen molar-refractivity contribution in [2.45, 2.75) is 12.5 Å². The first-order chi connectivity index (χ1) is 13.0. The van der Waals surface area contributed by atoms with Gasteiger partial charge in [-0.25, -0.2) is 0 Å². The highest BCUT2D eigenvalue weighted by Gasteiger charge is 2.37. The molecule has 1 atom stereocenters. The molecule has 3 amide bonds. The summed E-state index contributed by atoms with van der Waals surface area (Å²) in [5.41, 5.74) is 0.835. The number of non-ortho nitro benzene ring substituents is 1. The molecule has 1 N–H and O–H groups in total. The second-order valence-corrected chi connectivity index (χ2v) is 6.13. The number of nitrogens with zero attached hydrogens (tertiary/aromatic N) is 2. The van der Waals surface area contributed by atoms with Crippen LogP contribution in [0.25, 0.3) is 0 Å². The minimum absolute atomic E-state index is 0.00526. The summed E-state index contributed by atoms with van der Waals surface area (Å²) in [4.78, 5) is 48.3. The maximum Gasteiger partial charge on any atom is 0.273 e. The number of hydrogen-bond donors (Lipinski definition) is 1. The lowest BCUT2D eigenvalue weighted by Crippen LogP contribution is -2.41. The zero-order chi connectivity index (χ0) is 19.1. The Kier molecular flexibility index (Phi) is 3.84. The number of carbonyl (C=O) groups is 3. The van der Waals surface area contributed by atoms with Gasteiger partial charge in [0.25, 0.3) is 23.4 Å². The van der Waals surface area contributed by atoms with Crippen molar-refractivity contribution < 1.29 is 24.0 Å². The second kappa shape index (κ2) is 6.20. The third kappa shape index (κ3) is 2.78. The van der Waals surface area contributed by atoms with E-state index in [1.54, 1.807) is 24.3 Å². The number of imide groups is 1. The highest BCUT2D eigenvalue weighted by molar-refractivity contribution is 6.21. The molecule has 0 radical (unpaired) electrons. The Morgan fingerprint density at radius 2 is 1.74 bits per heavy atom. The number of carbonyl (C=O) groups excluding carboxylic acids is 3. The van der Waals surface area contributed by atoms with Crippen LogP contribution in [0.15, 0.2) is 42.5 Å². The van der Waals surface area contributed by atoms with Crippen molar-refractivity contribution in [3.63, 3.8) is 0 Å². The van der Waals surface area contributed by atoms with E-state index >= 15 is 0 Å². The molecule has 0 saturated heterocycles. The summed E-state index contributed by atoms with van der Waals surface area (Å²) >= 11 is 0. The SMILES string of the molecule is O=C1Nc2ccc([N+](=O)[O-])cc2O[C@@H]1CCN1C(=O)c2ccccc2C1=O. The molecular formula is C18H13N3O6. The normalized spacial score (nSPS) is 17.9. The fourth-order valence-corrected chi connectivity index (χ4v) is 3.12. The average Bonchev–Trinajstić information content (AvgIpc) is 2.90. The molecule has 0 fully saturated rings. The van der Waals surface area contributed by atoms with Crippen molar-refractivity contribution in [1.82, 2.24) is 4.90 Å². The first kappa shape index (κ1) is 16.7. The molecule has 0 aromatic heterocycles. The summed E-state index contributed by atoms with van der Waals surface area (Å²) in [6.45, 7) is -0.00526. The van der Waals surface area contributed by atoms with Gasteiger partial charge in [-0.05, 0) is 18.2 Å². The van der Waals surface area contributed by atoms with Gasteiger partial charge >= 0.3 is 0 Å². The number of amides is 3. The van der Waals surface area contributed by atoms with Crippen LogP contribution in [0.2, 0.25) is 0 Å². The molecule has 0 aliphatic carbocycles. The van der Waals surface area contributed by atoms with Crippen LogP contribution in [0, 0.1) is 10.1 Å². The van der Waals surface area contributed by atoms with Gasteiger partial charge in [-0.15, -0.1) is 0 Å². The van der Waals surface area contributed by atoms with Crippen molar-refractivity contribution in [2.24, 2.45) is 0 Å². The molecule has 9 heteroatoms. The molecule has 2 aliphatic heterocycles. The lowest BCUT2D eigenvalue weighted by molar-refractivity contribution is -0.384. The third-order valence-electron chi connectivity index (χ3n) is 4.49. The molecule has 2 aliphatic rings. The maximum absolute atomic E-state index is 12.4. The molecule has 2 heterocycles. The standard InChI is InChI=1S/C18H13N3O6/c22-16-14(27-15-9-10(21(25)26)5-6-13(15)19-16)7-8-20-17(23)11-3-1-2-4-12(11)18(20)24/h1-6,9,14H,7-8H2,(H,19,22)/t14-/m1/s1. The van der Waals surface area contributed by atoms with Crippen LogP contribution in [-0.4, -0.2) is 40.2 Å². The van der Waals surface area contributed by atoms with E-state index in [-0.39, 0.29) is 24.4 Å². The number of nitrogens with one attached hydrogen (secondary N) is 1. The number of fused-ring (bicyclic) bond motifs is 2. The quantitative estimate of drug-likeness (QED) is 0.501. The van der Waals surface area contributed by atoms with Crippen LogP contribution >= 0.6 is 0 Å². The van der Waals surface area contributed by atoms with Gasteiger partial charge in [0.05, 0.1) is 27.8 Å². The van der Waals surface area contributed by atoms with Gasteiger partial charge in [0.2, 0.25) is 0 Å². The van der Waals surface area contributed by atoms with Crippen LogP contribution in [0.3, 0.4) is 0 Å². The second-order valence-electron chi connectivity index (χ2n) is 6.13. The molecule has 0 bridgehead atoms. The molecule has 136 valence electrons. The minimum Gasteiger partial charge on any atom is -0.478 e. The summed E-state index contributed by atoms with van der Waals surface area (Å²) in [5.74, 6) is -1.09. The Morgan fingerprint density at radius 1 is 1.07 bits per heavy atom. The van der Waals surface area contributed by atoms with Crippen LogP contribution in [0.1, 0.15) is 27.1 Å². The zero-order valence-electron chi connectivity index (χ0n) is 13.9. The van der Waals surface area contributed by atoms with E-state index in [1.165, 1.54) is 18.2 Å². The maximum atomic E-state index is 12.4. The van der Waals surface area contributed by atoms with Crippen molar-refractivity contribution >= 4 is 29.1 Å². The molecule has 0 saturated carbocycles. The highest BCUT2D eigenvalue weighted by Crippen LogP contribution is 2.34. The number of benzene rings is 2. The monoisotopic (exact) mass is 367 g/mol. The summed E-state index contributed by atoms with van der Waals surface area (Å²) in [7, 11) is 0. The van der Waals surface area contributed by atoms with Gasteiger partial charge in [0.15, 0.2) is 11.9 Å². The topological polar surface area (TPSA) is 119 Å². The number of nitro groups is 1. The lowest BCUT2D eigenvalue weighted by atomic mass is 10.1. The third-order valence-corrected chi connectivity index (χ3v) is 4.49. The Hall–Kier alpha value is -3.75. The van der Waals surface area contributed by atoms with Gasteiger partial charge in [-0.1, -0.05) is 12.1 Å². The van der Waals surface area contributed by atoms with E-state index in [0.717, 1.165) is 4.90 Å². The van der Waals surface area contributed by atoms with Crippen molar-refractivity contribution in [3.05, 3.63) is 63.7 Å². The molecule has 27 heavy (non-hydrogen) atoms. The molecule has 0 spiro atoms. The predicted octanol–water partition coefficient (Wildman–Crippen LogP) is 1.98. The van der Waals surface area contributed by atoms with E-state index < -0.39 is 28.7 Å². The number of anilines is 1. The molecule has 4 rings (SSSR count). The first-order valence-corrected chi connectivity index (χ1v) is 8.17. The fraction of sp³-hybridized carbons (Fsp3) is 0.167. The van der Waals surface area contributed by atoms with Gasteiger partial charge in [-0.2, -0.15) is 0 Å². The minimum atomic E-state index is -0.969. The number of nitro benzene ring substituents is 1. The molecule has 9 nitrogen and oxygen atoms in total. The van der Waals surface area contributed by atoms with E-state index in [0.29, 0.717) is 16.8 Å². The Labute approximate surface area is 152 Å². The van der Waals surface area contributed by atoms with E-state index in [9.17, 15) is 24.5 Å². The van der Waals surface area contributed by atoms with Crippen molar-refractivity contribution in [2.75, 3.05) is 11.9 Å². The first-order valence-electron chi connectivity index (χ1n) is 8.17. The predicted molar refractivity (Wildman–Crippen MR) is 92.6 cm³/mol. The number of hydrogen-bond acceptors (Lipinski definition) is 6. The Bertz CT molecular complexity index is 967. The van der Waals surface area contributed by atoms with Gasteiger partial charge in [-0.3, -0.25) is 29.4 Å². The molecule has 0 unspecified atom stereocenters. The summed E-state index contributed by atoms with van der Waals surface area (Å²) < 4.78 is 5.58. The zero-order valence-corrected chi connectivity index (χ0v) is 13.9. The number of rotatable bonds is 4. The molecular weight excluding hydrogens is 354 g/mol. The van der Waals surface area contributed by atoms with Gasteiger partial charge in [0.1, 0.15) is 0 Å². The van der Waals surface area contributed by atoms with Crippen LogP contribution < -0.4 is 10.1 Å². The van der Waals surface area contributed by atoms with E-state index in [1.807, 2.05) is 0 Å². The largest absolute Gasteiger partial charge is 0.478 e. The highest BCUT2D eigenvalue weighted by atomic mass is 16.6. The number of ether oxygens (including phenoxy) is 1. The van der Waals surface area contributed by atoms with Crippen molar-refractivity contribution in [1.29, 1.82) is 0 Å². The summed E-state index contributed by atoms with van der Waals surface area (Å²) in [6.07, 6.45) is -0.900. The molecule has 2 aromatic rings.